The Hall–Kier alpha value is 1.20. The van der Waals surface area contributed by atoms with Crippen LogP contribution in [-0.4, -0.2) is 78.9 Å². The highest BCUT2D eigenvalue weighted by atomic mass is 28.4. The molecule has 0 aromatic rings. The molecule has 15 heteroatoms. The van der Waals surface area contributed by atoms with Crippen LogP contribution in [0.3, 0.4) is 0 Å². The zero-order valence-corrected chi connectivity index (χ0v) is 28.0. The minimum absolute atomic E-state index is 0.833. The summed E-state index contributed by atoms with van der Waals surface area (Å²) in [5.74, 6) is 0. The molecule has 0 rings (SSSR count). The van der Waals surface area contributed by atoms with Gasteiger partial charge in [-0.05, 0) is 6.04 Å². The Morgan fingerprint density at radius 3 is 1.48 bits per heavy atom. The quantitative estimate of drug-likeness (QED) is 0.102. The second-order valence-electron chi connectivity index (χ2n) is 7.04. The van der Waals surface area contributed by atoms with Crippen LogP contribution in [0, 0.1) is 0 Å². The molecule has 29 heavy (non-hydrogen) atoms. The average Bonchev–Trinajstić information content (AvgIpc) is 2.72. The molecule has 0 amide bonds. The van der Waals surface area contributed by atoms with Gasteiger partial charge in [0.25, 0.3) is 60.0 Å². The van der Waals surface area contributed by atoms with Crippen molar-refractivity contribution in [2.45, 2.75) is 90.0 Å². The van der Waals surface area contributed by atoms with E-state index in [2.05, 4.69) is 6.92 Å². The van der Waals surface area contributed by atoms with Gasteiger partial charge in [-0.15, -0.1) is 0 Å². The smallest absolute Gasteiger partial charge is 0.309 e. The molecule has 1 atom stereocenters. The lowest BCUT2D eigenvalue weighted by Crippen LogP contribution is -2.24. The van der Waals surface area contributed by atoms with E-state index in [1.807, 2.05) is 0 Å². The Bertz CT molecular complexity index is 313. The first kappa shape index (κ1) is 30.2. The van der Waals surface area contributed by atoms with Crippen LogP contribution >= 0.6 is 0 Å². The second kappa shape index (κ2) is 27.2. The van der Waals surface area contributed by atoms with Gasteiger partial charge in [-0.1, -0.05) is 84.0 Å². The van der Waals surface area contributed by atoms with Crippen molar-refractivity contribution in [3.63, 3.8) is 0 Å². The van der Waals surface area contributed by atoms with Crippen LogP contribution in [0.1, 0.15) is 84.0 Å². The first-order valence-electron chi connectivity index (χ1n) is 11.1. The third-order valence-corrected chi connectivity index (χ3v) is 14.1. The maximum atomic E-state index is 9.95. The third kappa shape index (κ3) is 27.2. The van der Waals surface area contributed by atoms with E-state index in [1.165, 1.54) is 70.6 Å². The zero-order chi connectivity index (χ0) is 21.3. The van der Waals surface area contributed by atoms with E-state index in [0.717, 1.165) is 12.5 Å². The van der Waals surface area contributed by atoms with Crippen molar-refractivity contribution in [1.29, 1.82) is 0 Å². The van der Waals surface area contributed by atoms with Crippen molar-refractivity contribution in [1.82, 2.24) is 0 Å². The third-order valence-electron chi connectivity index (χ3n) is 4.41. The topological polar surface area (TPSA) is 95.8 Å². The normalized spacial score (nSPS) is 15.0. The van der Waals surface area contributed by atoms with Gasteiger partial charge in [0, 0.05) is 0 Å². The van der Waals surface area contributed by atoms with Crippen LogP contribution in [-0.2, 0) is 24.7 Å². The molecule has 0 aromatic heterocycles. The Kier molecular flexibility index (Phi) is 28.4. The van der Waals surface area contributed by atoms with Gasteiger partial charge in [-0.25, -0.2) is 0 Å². The fraction of sp³-hybridized carbons (Fsp3) is 1.00. The molecule has 0 bridgehead atoms. The van der Waals surface area contributed by atoms with Gasteiger partial charge in [0.1, 0.15) is 0 Å². The van der Waals surface area contributed by atoms with Crippen LogP contribution < -0.4 is 0 Å². The monoisotopic (exact) mass is 536 g/mol. The summed E-state index contributed by atoms with van der Waals surface area (Å²) >= 11 is 0. The summed E-state index contributed by atoms with van der Waals surface area (Å²) in [5.41, 5.74) is 0. The summed E-state index contributed by atoms with van der Waals surface area (Å²) in [7, 11) is -8.45. The molecule has 0 aliphatic carbocycles. The number of hydrogen-bond acceptors (Lipinski definition) is 8. The Balaban J connectivity index is 3.12. The van der Waals surface area contributed by atoms with Crippen molar-refractivity contribution >= 4 is 69.3 Å². The summed E-state index contributed by atoms with van der Waals surface area (Å²) in [5, 5.41) is 0. The Morgan fingerprint density at radius 2 is 1.00 bits per heavy atom. The molecule has 1 unspecified atom stereocenters. The molecule has 0 aromatic carbocycles. The lowest BCUT2D eigenvalue weighted by atomic mass is 10.1. The summed E-state index contributed by atoms with van der Waals surface area (Å²) in [4.78, 5) is 18.5. The van der Waals surface area contributed by atoms with Gasteiger partial charge < -0.3 is 34.3 Å². The lowest BCUT2D eigenvalue weighted by molar-refractivity contribution is 0.354. The van der Waals surface area contributed by atoms with E-state index < -0.39 is 69.3 Å². The average molecular weight is 537 g/mol. The van der Waals surface area contributed by atoms with E-state index in [1.54, 1.807) is 0 Å². The van der Waals surface area contributed by atoms with Crippen LogP contribution in [0.4, 0.5) is 0 Å². The van der Waals surface area contributed by atoms with Crippen LogP contribution in [0.2, 0.25) is 6.04 Å². The van der Waals surface area contributed by atoms with E-state index in [0.29, 0.717) is 0 Å². The molecule has 0 radical (unpaired) electrons. The molecule has 0 fully saturated rings. The van der Waals surface area contributed by atoms with Crippen LogP contribution in [0.5, 0.6) is 0 Å². The minimum atomic E-state index is -2.02. The predicted octanol–water partition coefficient (Wildman–Crippen LogP) is -2.02. The number of hydrogen-bond donors (Lipinski definition) is 2. The van der Waals surface area contributed by atoms with E-state index >= 15 is 0 Å². The van der Waals surface area contributed by atoms with E-state index in [-0.39, 0.29) is 0 Å². The largest absolute Gasteiger partial charge is 0.425 e. The number of rotatable bonds is 25. The molecule has 0 aliphatic rings. The van der Waals surface area contributed by atoms with Crippen LogP contribution in [0.25, 0.3) is 0 Å². The first-order valence-corrected chi connectivity index (χ1v) is 19.9. The predicted molar refractivity (Wildman–Crippen MR) is 135 cm³/mol. The van der Waals surface area contributed by atoms with Gasteiger partial charge in [0.2, 0.25) is 0 Å². The fourth-order valence-corrected chi connectivity index (χ4v) is 13.5. The molecular weight excluding hydrogens is 493 g/mol. The molecule has 0 saturated carbocycles. The van der Waals surface area contributed by atoms with Crippen LogP contribution in [0.15, 0.2) is 0 Å². The number of unbranched alkanes of at least 4 members (excludes halogenated alkanes) is 11. The van der Waals surface area contributed by atoms with Crippen molar-refractivity contribution in [3.8, 4) is 0 Å². The van der Waals surface area contributed by atoms with Gasteiger partial charge in [0.15, 0.2) is 0 Å². The standard InChI is InChI=1S/C14H44O8Si7/c1-2-3-4-5-6-7-8-9-10-11-12-13-14-29(16)22-28-21-27-20-26-19-25-18-24-17-23-15/h15-16,29H,2-14,23-28H2,1H3. The molecule has 176 valence electrons. The van der Waals surface area contributed by atoms with Gasteiger partial charge in [0.05, 0.1) is 0 Å². The molecular formula is C14H44O8Si7. The molecule has 0 spiro atoms. The Morgan fingerprint density at radius 1 is 0.586 bits per heavy atom. The minimum Gasteiger partial charge on any atom is -0.425 e. The van der Waals surface area contributed by atoms with Crippen molar-refractivity contribution in [2.75, 3.05) is 0 Å². The highest BCUT2D eigenvalue weighted by Gasteiger charge is 2.07. The highest BCUT2D eigenvalue weighted by Crippen LogP contribution is 2.13. The van der Waals surface area contributed by atoms with E-state index in [9.17, 15) is 4.80 Å². The Labute approximate surface area is 193 Å². The summed E-state index contributed by atoms with van der Waals surface area (Å²) < 4.78 is 31.8. The van der Waals surface area contributed by atoms with Crippen molar-refractivity contribution in [2.24, 2.45) is 0 Å². The lowest BCUT2D eigenvalue weighted by Gasteiger charge is -2.11. The first-order chi connectivity index (χ1) is 14.3. The summed E-state index contributed by atoms with van der Waals surface area (Å²) in [6.07, 6.45) is 16.0. The van der Waals surface area contributed by atoms with Gasteiger partial charge in [-0.2, -0.15) is 0 Å². The highest BCUT2D eigenvalue weighted by molar-refractivity contribution is 6.53. The van der Waals surface area contributed by atoms with Gasteiger partial charge >= 0.3 is 9.28 Å². The maximum absolute atomic E-state index is 9.95. The van der Waals surface area contributed by atoms with Crippen molar-refractivity contribution < 1.29 is 34.3 Å². The maximum Gasteiger partial charge on any atom is 0.309 e. The SMILES string of the molecule is CCCCCCCCCCCCCC[SiH](O)O[SiH2]O[SiH2]O[SiH2]O[SiH2]O[SiH2]O[SiH2]O. The fourth-order valence-electron chi connectivity index (χ4n) is 2.78. The molecule has 0 saturated heterocycles. The summed E-state index contributed by atoms with van der Waals surface area (Å²) in [6, 6.07) is 0.833. The summed E-state index contributed by atoms with van der Waals surface area (Å²) in [6.45, 7) is 2.26. The molecule has 2 N–H and O–H groups in total. The molecule has 8 nitrogen and oxygen atoms in total. The van der Waals surface area contributed by atoms with Gasteiger partial charge in [-0.3, -0.25) is 0 Å². The van der Waals surface area contributed by atoms with Crippen molar-refractivity contribution in [3.05, 3.63) is 0 Å². The van der Waals surface area contributed by atoms with E-state index in [4.69, 9.17) is 29.5 Å². The zero-order valence-electron chi connectivity index (χ0n) is 18.4. The molecule has 0 heterocycles. The molecule has 0 aliphatic heterocycles. The second-order valence-corrected chi connectivity index (χ2v) is 19.5.